The van der Waals surface area contributed by atoms with Gasteiger partial charge < -0.3 is 14.2 Å². The smallest absolute Gasteiger partial charge is 0.338 e. The summed E-state index contributed by atoms with van der Waals surface area (Å²) >= 11 is 0. The Bertz CT molecular complexity index is 490. The Morgan fingerprint density at radius 1 is 1.35 bits per heavy atom. The van der Waals surface area contributed by atoms with E-state index >= 15 is 0 Å². The average molecular weight is 234 g/mol. The number of ether oxygens (including phenoxy) is 3. The Labute approximate surface area is 97.6 Å². The van der Waals surface area contributed by atoms with Crippen molar-refractivity contribution >= 4 is 18.3 Å². The maximum absolute atomic E-state index is 11.6. The number of carbonyl (C=O) groups excluding carboxylic acids is 2. The SMILES string of the molecule is COC(=O)c1cc2c(cc1/C=C/C=O)OCO2. The molecule has 1 aliphatic heterocycles. The molecule has 0 saturated heterocycles. The van der Waals surface area contributed by atoms with Gasteiger partial charge in [-0.25, -0.2) is 4.79 Å². The second-order valence-electron chi connectivity index (χ2n) is 3.28. The summed E-state index contributed by atoms with van der Waals surface area (Å²) in [6.45, 7) is 0.122. The van der Waals surface area contributed by atoms with E-state index in [1.807, 2.05) is 0 Å². The number of aldehydes is 1. The molecule has 0 saturated carbocycles. The van der Waals surface area contributed by atoms with Crippen molar-refractivity contribution < 1.29 is 23.8 Å². The van der Waals surface area contributed by atoms with Gasteiger partial charge in [0.05, 0.1) is 12.7 Å². The molecule has 0 radical (unpaired) electrons. The van der Waals surface area contributed by atoms with E-state index in [1.54, 1.807) is 12.1 Å². The summed E-state index contributed by atoms with van der Waals surface area (Å²) in [7, 11) is 1.29. The molecule has 1 aromatic carbocycles. The van der Waals surface area contributed by atoms with E-state index in [0.29, 0.717) is 28.9 Å². The first kappa shape index (κ1) is 11.2. The number of carbonyl (C=O) groups is 2. The molecule has 0 aliphatic carbocycles. The predicted octanol–water partition coefficient (Wildman–Crippen LogP) is 1.41. The standard InChI is InChI=1S/C12H10O5/c1-15-12(14)9-6-11-10(16-7-17-11)5-8(9)3-2-4-13/h2-6H,7H2,1H3/b3-2+. The number of hydrogen-bond donors (Lipinski definition) is 0. The van der Waals surface area contributed by atoms with Crippen molar-refractivity contribution in [3.05, 3.63) is 29.3 Å². The minimum Gasteiger partial charge on any atom is -0.465 e. The van der Waals surface area contributed by atoms with Crippen LogP contribution in [0.3, 0.4) is 0 Å². The van der Waals surface area contributed by atoms with Crippen molar-refractivity contribution in [3.8, 4) is 11.5 Å². The zero-order chi connectivity index (χ0) is 12.3. The van der Waals surface area contributed by atoms with Crippen molar-refractivity contribution in [2.45, 2.75) is 0 Å². The lowest BCUT2D eigenvalue weighted by Crippen LogP contribution is -2.03. The molecule has 5 nitrogen and oxygen atoms in total. The van der Waals surface area contributed by atoms with E-state index in [2.05, 4.69) is 4.74 Å². The highest BCUT2D eigenvalue weighted by atomic mass is 16.7. The molecule has 0 atom stereocenters. The van der Waals surface area contributed by atoms with Crippen LogP contribution < -0.4 is 9.47 Å². The van der Waals surface area contributed by atoms with E-state index in [0.717, 1.165) is 0 Å². The largest absolute Gasteiger partial charge is 0.465 e. The van der Waals surface area contributed by atoms with Gasteiger partial charge in [-0.1, -0.05) is 6.08 Å². The van der Waals surface area contributed by atoms with Crippen molar-refractivity contribution in [2.24, 2.45) is 0 Å². The van der Waals surface area contributed by atoms with Crippen molar-refractivity contribution in [1.82, 2.24) is 0 Å². The summed E-state index contributed by atoms with van der Waals surface area (Å²) in [5.74, 6) is 0.547. The number of esters is 1. The number of allylic oxidation sites excluding steroid dienone is 1. The second kappa shape index (κ2) is 4.69. The van der Waals surface area contributed by atoms with E-state index in [4.69, 9.17) is 9.47 Å². The average Bonchev–Trinajstić information content (AvgIpc) is 2.81. The van der Waals surface area contributed by atoms with Crippen LogP contribution in [0.1, 0.15) is 15.9 Å². The number of hydrogen-bond acceptors (Lipinski definition) is 5. The molecule has 0 unspecified atom stereocenters. The molecule has 1 aliphatic rings. The summed E-state index contributed by atoms with van der Waals surface area (Å²) < 4.78 is 15.0. The maximum Gasteiger partial charge on any atom is 0.338 e. The second-order valence-corrected chi connectivity index (χ2v) is 3.28. The molecule has 0 N–H and O–H groups in total. The quantitative estimate of drug-likeness (QED) is 0.449. The fourth-order valence-electron chi connectivity index (χ4n) is 1.53. The highest BCUT2D eigenvalue weighted by Crippen LogP contribution is 2.35. The fourth-order valence-corrected chi connectivity index (χ4v) is 1.53. The van der Waals surface area contributed by atoms with Gasteiger partial charge in [0.25, 0.3) is 0 Å². The number of methoxy groups -OCH3 is 1. The first-order valence-corrected chi connectivity index (χ1v) is 4.90. The molecule has 2 rings (SSSR count). The lowest BCUT2D eigenvalue weighted by molar-refractivity contribution is -0.104. The Morgan fingerprint density at radius 2 is 2.06 bits per heavy atom. The molecular formula is C12H10O5. The van der Waals surface area contributed by atoms with Gasteiger partial charge in [-0.2, -0.15) is 0 Å². The highest BCUT2D eigenvalue weighted by Gasteiger charge is 2.20. The van der Waals surface area contributed by atoms with Gasteiger partial charge in [-0.15, -0.1) is 0 Å². The molecular weight excluding hydrogens is 224 g/mol. The zero-order valence-corrected chi connectivity index (χ0v) is 9.14. The normalized spacial score (nSPS) is 12.8. The molecule has 0 spiro atoms. The van der Waals surface area contributed by atoms with Crippen molar-refractivity contribution in [2.75, 3.05) is 13.9 Å². The molecule has 0 aromatic heterocycles. The van der Waals surface area contributed by atoms with Crippen LogP contribution in [0.25, 0.3) is 6.08 Å². The Kier molecular flexibility index (Phi) is 3.09. The van der Waals surface area contributed by atoms with Crippen LogP contribution in [0.2, 0.25) is 0 Å². The minimum atomic E-state index is -0.492. The zero-order valence-electron chi connectivity index (χ0n) is 9.14. The molecule has 5 heteroatoms. The van der Waals surface area contributed by atoms with Gasteiger partial charge in [0, 0.05) is 0 Å². The summed E-state index contributed by atoms with van der Waals surface area (Å²) in [4.78, 5) is 21.9. The van der Waals surface area contributed by atoms with E-state index < -0.39 is 5.97 Å². The molecule has 0 amide bonds. The van der Waals surface area contributed by atoms with Crippen molar-refractivity contribution in [3.63, 3.8) is 0 Å². The summed E-state index contributed by atoms with van der Waals surface area (Å²) in [6.07, 6.45) is 3.44. The molecule has 1 heterocycles. The van der Waals surface area contributed by atoms with Crippen LogP contribution in [0.15, 0.2) is 18.2 Å². The van der Waals surface area contributed by atoms with Crippen LogP contribution in [-0.2, 0) is 9.53 Å². The first-order valence-electron chi connectivity index (χ1n) is 4.90. The third-order valence-electron chi connectivity index (χ3n) is 2.30. The van der Waals surface area contributed by atoms with E-state index in [9.17, 15) is 9.59 Å². The number of benzene rings is 1. The summed E-state index contributed by atoms with van der Waals surface area (Å²) in [6, 6.07) is 3.17. The van der Waals surface area contributed by atoms with Crippen LogP contribution in [0.5, 0.6) is 11.5 Å². The number of fused-ring (bicyclic) bond motifs is 1. The van der Waals surface area contributed by atoms with E-state index in [1.165, 1.54) is 19.3 Å². The Hall–Kier alpha value is -2.30. The fraction of sp³-hybridized carbons (Fsp3) is 0.167. The van der Waals surface area contributed by atoms with Crippen molar-refractivity contribution in [1.29, 1.82) is 0 Å². The lowest BCUT2D eigenvalue weighted by Gasteiger charge is -2.05. The third kappa shape index (κ3) is 2.13. The van der Waals surface area contributed by atoms with Crippen LogP contribution in [0, 0.1) is 0 Å². The first-order chi connectivity index (χ1) is 8.26. The van der Waals surface area contributed by atoms with E-state index in [-0.39, 0.29) is 6.79 Å². The van der Waals surface area contributed by atoms with Gasteiger partial charge >= 0.3 is 5.97 Å². The third-order valence-corrected chi connectivity index (χ3v) is 2.30. The van der Waals surface area contributed by atoms with Crippen LogP contribution in [0.4, 0.5) is 0 Å². The molecule has 0 bridgehead atoms. The highest BCUT2D eigenvalue weighted by molar-refractivity contribution is 5.95. The molecule has 1 aromatic rings. The Morgan fingerprint density at radius 3 is 2.71 bits per heavy atom. The Balaban J connectivity index is 2.50. The molecule has 17 heavy (non-hydrogen) atoms. The van der Waals surface area contributed by atoms with Crippen LogP contribution >= 0.6 is 0 Å². The minimum absolute atomic E-state index is 0.122. The summed E-state index contributed by atoms with van der Waals surface area (Å²) in [5, 5.41) is 0. The monoisotopic (exact) mass is 234 g/mol. The molecule has 0 fully saturated rings. The van der Waals surface area contributed by atoms with Gasteiger partial charge in [0.2, 0.25) is 6.79 Å². The molecule has 88 valence electrons. The number of rotatable bonds is 3. The maximum atomic E-state index is 11.6. The summed E-state index contributed by atoms with van der Waals surface area (Å²) in [5.41, 5.74) is 0.878. The van der Waals surface area contributed by atoms with Gasteiger partial charge in [-0.3, -0.25) is 4.79 Å². The topological polar surface area (TPSA) is 61.8 Å². The predicted molar refractivity (Wildman–Crippen MR) is 59.0 cm³/mol. The lowest BCUT2D eigenvalue weighted by atomic mass is 10.1. The van der Waals surface area contributed by atoms with Crippen LogP contribution in [-0.4, -0.2) is 26.2 Å². The van der Waals surface area contributed by atoms with Gasteiger partial charge in [0.15, 0.2) is 11.5 Å². The van der Waals surface area contributed by atoms with Gasteiger partial charge in [-0.05, 0) is 23.8 Å². The van der Waals surface area contributed by atoms with Gasteiger partial charge in [0.1, 0.15) is 6.29 Å².